The molecule has 1 unspecified atom stereocenters. The number of methoxy groups -OCH3 is 1. The van der Waals surface area contributed by atoms with Crippen molar-refractivity contribution < 1.29 is 14.6 Å². The summed E-state index contributed by atoms with van der Waals surface area (Å²) in [6.07, 6.45) is 2.60. The second-order valence-corrected chi connectivity index (χ2v) is 7.01. The first kappa shape index (κ1) is 15.5. The van der Waals surface area contributed by atoms with Crippen molar-refractivity contribution in [3.63, 3.8) is 0 Å². The molecular formula is C16H24O3S. The number of thioether (sulfide) groups is 1. The van der Waals surface area contributed by atoms with Gasteiger partial charge in [0.2, 0.25) is 0 Å². The van der Waals surface area contributed by atoms with Gasteiger partial charge in [-0.15, -0.1) is 0 Å². The normalized spacial score (nSPS) is 19.7. The predicted octanol–water partition coefficient (Wildman–Crippen LogP) is 3.24. The van der Waals surface area contributed by atoms with E-state index in [9.17, 15) is 5.11 Å². The molecule has 1 heterocycles. The van der Waals surface area contributed by atoms with E-state index >= 15 is 0 Å². The first-order chi connectivity index (χ1) is 9.56. The minimum Gasteiger partial charge on any atom is -0.493 e. The Morgan fingerprint density at radius 1 is 1.35 bits per heavy atom. The number of aliphatic hydroxyl groups is 1. The molecule has 112 valence electrons. The summed E-state index contributed by atoms with van der Waals surface area (Å²) >= 11 is 1.95. The molecule has 1 aliphatic rings. The highest BCUT2D eigenvalue weighted by Crippen LogP contribution is 2.35. The molecule has 0 radical (unpaired) electrons. The number of aliphatic hydroxyl groups excluding tert-OH is 1. The van der Waals surface area contributed by atoms with Gasteiger partial charge >= 0.3 is 0 Å². The topological polar surface area (TPSA) is 38.7 Å². The third-order valence-electron chi connectivity index (χ3n) is 3.75. The lowest BCUT2D eigenvalue weighted by Crippen LogP contribution is -2.24. The molecule has 0 aliphatic carbocycles. The Labute approximate surface area is 125 Å². The summed E-state index contributed by atoms with van der Waals surface area (Å²) in [5.74, 6) is 3.84. The van der Waals surface area contributed by atoms with Crippen LogP contribution in [0.4, 0.5) is 0 Å². The van der Waals surface area contributed by atoms with Crippen LogP contribution in [-0.2, 0) is 5.41 Å². The SMILES string of the molecule is COc1cc(C(C)(C)CO)ccc1OC1CCCSC1. The van der Waals surface area contributed by atoms with Gasteiger partial charge in [0.1, 0.15) is 6.10 Å². The zero-order valence-electron chi connectivity index (χ0n) is 12.5. The highest BCUT2D eigenvalue weighted by atomic mass is 32.2. The van der Waals surface area contributed by atoms with Crippen molar-refractivity contribution >= 4 is 11.8 Å². The monoisotopic (exact) mass is 296 g/mol. The van der Waals surface area contributed by atoms with Crippen molar-refractivity contribution in [3.8, 4) is 11.5 Å². The number of benzene rings is 1. The van der Waals surface area contributed by atoms with E-state index < -0.39 is 0 Å². The van der Waals surface area contributed by atoms with E-state index in [-0.39, 0.29) is 18.1 Å². The third-order valence-corrected chi connectivity index (χ3v) is 4.94. The van der Waals surface area contributed by atoms with Gasteiger partial charge in [0.15, 0.2) is 11.5 Å². The van der Waals surface area contributed by atoms with Crippen LogP contribution in [0.15, 0.2) is 18.2 Å². The molecule has 3 nitrogen and oxygen atoms in total. The van der Waals surface area contributed by atoms with Gasteiger partial charge in [0, 0.05) is 11.2 Å². The van der Waals surface area contributed by atoms with Crippen molar-refractivity contribution in [1.29, 1.82) is 0 Å². The first-order valence-electron chi connectivity index (χ1n) is 7.10. The average molecular weight is 296 g/mol. The molecule has 1 saturated heterocycles. The molecule has 0 amide bonds. The highest BCUT2D eigenvalue weighted by Gasteiger charge is 2.22. The van der Waals surface area contributed by atoms with Crippen LogP contribution in [0.2, 0.25) is 0 Å². The summed E-state index contributed by atoms with van der Waals surface area (Å²) < 4.78 is 11.5. The summed E-state index contributed by atoms with van der Waals surface area (Å²) in [6, 6.07) is 5.95. The largest absolute Gasteiger partial charge is 0.493 e. The Morgan fingerprint density at radius 2 is 2.15 bits per heavy atom. The van der Waals surface area contributed by atoms with Crippen LogP contribution in [0.5, 0.6) is 11.5 Å². The van der Waals surface area contributed by atoms with Crippen molar-refractivity contribution in [1.82, 2.24) is 0 Å². The van der Waals surface area contributed by atoms with Crippen molar-refractivity contribution in [3.05, 3.63) is 23.8 Å². The lowest BCUT2D eigenvalue weighted by atomic mass is 9.85. The number of hydrogen-bond donors (Lipinski definition) is 1. The predicted molar refractivity (Wildman–Crippen MR) is 84.1 cm³/mol. The van der Waals surface area contributed by atoms with Gasteiger partial charge in [-0.05, 0) is 36.3 Å². The van der Waals surface area contributed by atoms with Crippen LogP contribution in [0.25, 0.3) is 0 Å². The Kier molecular flexibility index (Phi) is 5.22. The molecule has 0 saturated carbocycles. The summed E-state index contributed by atoms with van der Waals surface area (Å²) in [7, 11) is 1.66. The third kappa shape index (κ3) is 3.61. The van der Waals surface area contributed by atoms with E-state index in [0.717, 1.165) is 29.2 Å². The molecule has 1 fully saturated rings. The Balaban J connectivity index is 2.17. The summed E-state index contributed by atoms with van der Waals surface area (Å²) in [6.45, 7) is 4.13. The summed E-state index contributed by atoms with van der Waals surface area (Å²) in [5.41, 5.74) is 0.786. The zero-order chi connectivity index (χ0) is 14.6. The van der Waals surface area contributed by atoms with Gasteiger partial charge in [-0.3, -0.25) is 0 Å². The number of ether oxygens (including phenoxy) is 2. The van der Waals surface area contributed by atoms with Gasteiger partial charge in [-0.2, -0.15) is 11.8 Å². The van der Waals surface area contributed by atoms with Crippen LogP contribution in [0.1, 0.15) is 32.3 Å². The zero-order valence-corrected chi connectivity index (χ0v) is 13.3. The van der Waals surface area contributed by atoms with E-state index in [1.165, 1.54) is 12.2 Å². The van der Waals surface area contributed by atoms with Gasteiger partial charge in [0.05, 0.1) is 13.7 Å². The van der Waals surface area contributed by atoms with Gasteiger partial charge in [-0.1, -0.05) is 19.9 Å². The van der Waals surface area contributed by atoms with Crippen LogP contribution >= 0.6 is 11.8 Å². The van der Waals surface area contributed by atoms with Crippen LogP contribution in [0, 0.1) is 0 Å². The van der Waals surface area contributed by atoms with E-state index in [1.807, 2.05) is 43.8 Å². The molecule has 20 heavy (non-hydrogen) atoms. The molecule has 0 spiro atoms. The molecule has 1 aromatic carbocycles. The maximum absolute atomic E-state index is 9.47. The Hall–Kier alpha value is -0.870. The van der Waals surface area contributed by atoms with Crippen molar-refractivity contribution in [2.75, 3.05) is 25.2 Å². The molecule has 1 aliphatic heterocycles. The fourth-order valence-corrected chi connectivity index (χ4v) is 3.30. The Bertz CT molecular complexity index is 439. The first-order valence-corrected chi connectivity index (χ1v) is 8.26. The minimum atomic E-state index is -0.271. The standard InChI is InChI=1S/C16H24O3S/c1-16(2,11-17)12-6-7-14(15(9-12)18-3)19-13-5-4-8-20-10-13/h6-7,9,13,17H,4-5,8,10-11H2,1-3H3. The van der Waals surface area contributed by atoms with E-state index in [1.54, 1.807) is 7.11 Å². The quantitative estimate of drug-likeness (QED) is 0.905. The molecule has 0 bridgehead atoms. The second kappa shape index (κ2) is 6.72. The highest BCUT2D eigenvalue weighted by molar-refractivity contribution is 7.99. The molecule has 2 rings (SSSR count). The van der Waals surface area contributed by atoms with Crippen LogP contribution < -0.4 is 9.47 Å². The maximum Gasteiger partial charge on any atom is 0.161 e. The minimum absolute atomic E-state index is 0.107. The average Bonchev–Trinajstić information content (AvgIpc) is 2.48. The lowest BCUT2D eigenvalue weighted by Gasteiger charge is -2.26. The number of rotatable bonds is 5. The smallest absolute Gasteiger partial charge is 0.161 e. The number of hydrogen-bond acceptors (Lipinski definition) is 4. The van der Waals surface area contributed by atoms with E-state index in [0.29, 0.717) is 0 Å². The maximum atomic E-state index is 9.47. The van der Waals surface area contributed by atoms with Crippen LogP contribution in [0.3, 0.4) is 0 Å². The molecule has 0 aromatic heterocycles. The second-order valence-electron chi connectivity index (χ2n) is 5.86. The van der Waals surface area contributed by atoms with Gasteiger partial charge < -0.3 is 14.6 Å². The molecular weight excluding hydrogens is 272 g/mol. The fourth-order valence-electron chi connectivity index (χ4n) is 2.26. The van der Waals surface area contributed by atoms with Crippen molar-refractivity contribution in [2.24, 2.45) is 0 Å². The molecule has 4 heteroatoms. The van der Waals surface area contributed by atoms with Gasteiger partial charge in [-0.25, -0.2) is 0 Å². The Morgan fingerprint density at radius 3 is 2.75 bits per heavy atom. The fraction of sp³-hybridized carbons (Fsp3) is 0.625. The van der Waals surface area contributed by atoms with Gasteiger partial charge in [0.25, 0.3) is 0 Å². The molecule has 1 aromatic rings. The molecule has 1 N–H and O–H groups in total. The molecule has 1 atom stereocenters. The van der Waals surface area contributed by atoms with E-state index in [2.05, 4.69) is 0 Å². The summed E-state index contributed by atoms with van der Waals surface area (Å²) in [4.78, 5) is 0. The lowest BCUT2D eigenvalue weighted by molar-refractivity contribution is 0.200. The van der Waals surface area contributed by atoms with E-state index in [4.69, 9.17) is 9.47 Å². The summed E-state index contributed by atoms with van der Waals surface area (Å²) in [5, 5.41) is 9.47. The van der Waals surface area contributed by atoms with Crippen LogP contribution in [-0.4, -0.2) is 36.4 Å². The van der Waals surface area contributed by atoms with Crippen molar-refractivity contribution in [2.45, 2.75) is 38.2 Å².